The van der Waals surface area contributed by atoms with Crippen molar-refractivity contribution in [1.29, 1.82) is 0 Å². The fourth-order valence-electron chi connectivity index (χ4n) is 7.76. The Morgan fingerprint density at radius 1 is 0.855 bits per heavy atom. The van der Waals surface area contributed by atoms with Gasteiger partial charge in [0, 0.05) is 53.3 Å². The molecule has 62 heavy (non-hydrogen) atoms. The number of anilines is 2. The molecule has 2 saturated heterocycles. The van der Waals surface area contributed by atoms with E-state index in [1.165, 1.54) is 11.8 Å². The summed E-state index contributed by atoms with van der Waals surface area (Å²) in [5.41, 5.74) is 9.26. The molecule has 320 valence electrons. The first kappa shape index (κ1) is 42.2. The third kappa shape index (κ3) is 8.92. The van der Waals surface area contributed by atoms with Crippen LogP contribution in [0, 0.1) is 0 Å². The number of nitrogens with zero attached hydrogens (tertiary/aromatic N) is 6. The van der Waals surface area contributed by atoms with E-state index in [9.17, 15) is 28.8 Å². The van der Waals surface area contributed by atoms with Crippen LogP contribution in [-0.4, -0.2) is 123 Å². The molecule has 19 heteroatoms. The fourth-order valence-corrected chi connectivity index (χ4v) is 8.70. The number of fused-ring (bicyclic) bond motifs is 2. The first-order chi connectivity index (χ1) is 30.2. The molecule has 2 fully saturated rings. The Labute approximate surface area is 359 Å². The average Bonchev–Trinajstić information content (AvgIpc) is 3.99. The summed E-state index contributed by atoms with van der Waals surface area (Å²) in [6.45, 7) is 1.86. The molecule has 8 rings (SSSR count). The Balaban J connectivity index is 0.769. The van der Waals surface area contributed by atoms with E-state index in [0.717, 1.165) is 16.9 Å². The highest BCUT2D eigenvalue weighted by atomic mass is 32.2. The number of imide groups is 2. The van der Waals surface area contributed by atoms with Gasteiger partial charge in [-0.3, -0.25) is 43.4 Å². The Hall–Kier alpha value is -6.54. The van der Waals surface area contributed by atoms with Crippen LogP contribution >= 0.6 is 11.8 Å². The normalized spacial score (nSPS) is 17.5. The molecule has 3 aromatic heterocycles. The van der Waals surface area contributed by atoms with Gasteiger partial charge < -0.3 is 30.2 Å². The van der Waals surface area contributed by atoms with Crippen molar-refractivity contribution >= 4 is 64.4 Å². The molecular formula is C43H43N9O9S. The van der Waals surface area contributed by atoms with Gasteiger partial charge in [-0.25, -0.2) is 15.0 Å². The van der Waals surface area contributed by atoms with Crippen molar-refractivity contribution in [3.8, 4) is 11.3 Å². The number of thioether (sulfide) groups is 1. The van der Waals surface area contributed by atoms with Crippen LogP contribution in [0.2, 0.25) is 0 Å². The van der Waals surface area contributed by atoms with Crippen molar-refractivity contribution in [2.45, 2.75) is 42.7 Å². The average molecular weight is 862 g/mol. The van der Waals surface area contributed by atoms with Crippen LogP contribution in [-0.2, 0) is 28.6 Å². The van der Waals surface area contributed by atoms with Gasteiger partial charge in [-0.1, -0.05) is 24.3 Å². The molecule has 4 N–H and O–H groups in total. The summed E-state index contributed by atoms with van der Waals surface area (Å²) in [5.74, 6) is -0.740. The number of amides is 6. The molecule has 0 saturated carbocycles. The molecule has 0 radical (unpaired) electrons. The molecular weight excluding hydrogens is 819 g/mol. The summed E-state index contributed by atoms with van der Waals surface area (Å²) < 4.78 is 18.9. The number of benzene rings is 2. The van der Waals surface area contributed by atoms with Gasteiger partial charge in [0.15, 0.2) is 0 Å². The Bertz CT molecular complexity index is 2520. The number of nitrogen functional groups attached to an aromatic ring is 1. The van der Waals surface area contributed by atoms with E-state index in [1.54, 1.807) is 84.2 Å². The summed E-state index contributed by atoms with van der Waals surface area (Å²) >= 11 is 1.37. The maximum absolute atomic E-state index is 13.4. The molecule has 1 unspecified atom stereocenters. The van der Waals surface area contributed by atoms with Crippen molar-refractivity contribution in [2.24, 2.45) is 0 Å². The number of piperidine rings is 1. The van der Waals surface area contributed by atoms with E-state index in [2.05, 4.69) is 20.6 Å². The van der Waals surface area contributed by atoms with Crippen molar-refractivity contribution in [3.05, 3.63) is 102 Å². The number of pyridine rings is 1. The number of likely N-dealkylation sites (tertiary alicyclic amines) is 1. The molecule has 2 aromatic carbocycles. The Morgan fingerprint density at radius 3 is 2.42 bits per heavy atom. The number of carbonyl (C=O) groups excluding carboxylic acids is 6. The van der Waals surface area contributed by atoms with E-state index in [1.807, 2.05) is 4.40 Å². The lowest BCUT2D eigenvalue weighted by Crippen LogP contribution is -2.54. The minimum absolute atomic E-state index is 0.0549. The third-order valence-electron chi connectivity index (χ3n) is 10.7. The molecule has 0 aliphatic carbocycles. The smallest absolute Gasteiger partial charge is 0.263 e. The largest absolute Gasteiger partial charge is 0.382 e. The van der Waals surface area contributed by atoms with Gasteiger partial charge in [-0.2, -0.15) is 0 Å². The van der Waals surface area contributed by atoms with Gasteiger partial charge in [-0.15, -0.1) is 11.8 Å². The zero-order valence-electron chi connectivity index (χ0n) is 33.5. The molecule has 0 bridgehead atoms. The number of imidazole rings is 1. The Kier molecular flexibility index (Phi) is 12.9. The second kappa shape index (κ2) is 19.0. The second-order valence-corrected chi connectivity index (χ2v) is 15.7. The molecule has 0 spiro atoms. The number of ether oxygens (including phenoxy) is 3. The summed E-state index contributed by atoms with van der Waals surface area (Å²) in [7, 11) is 0. The van der Waals surface area contributed by atoms with E-state index in [0.29, 0.717) is 71.9 Å². The van der Waals surface area contributed by atoms with Gasteiger partial charge in [0.25, 0.3) is 17.7 Å². The third-order valence-corrected chi connectivity index (χ3v) is 11.7. The maximum atomic E-state index is 13.4. The van der Waals surface area contributed by atoms with Crippen molar-refractivity contribution in [1.82, 2.24) is 34.5 Å². The van der Waals surface area contributed by atoms with E-state index in [4.69, 9.17) is 24.9 Å². The van der Waals surface area contributed by atoms with Crippen LogP contribution in [0.3, 0.4) is 0 Å². The molecule has 5 aromatic rings. The summed E-state index contributed by atoms with van der Waals surface area (Å²) in [6.07, 6.45) is 6.62. The van der Waals surface area contributed by atoms with Crippen LogP contribution in [0.4, 0.5) is 11.6 Å². The van der Waals surface area contributed by atoms with Gasteiger partial charge in [-0.05, 0) is 55.7 Å². The summed E-state index contributed by atoms with van der Waals surface area (Å²) in [4.78, 5) is 93.4. The van der Waals surface area contributed by atoms with Gasteiger partial charge in [0.1, 0.15) is 41.3 Å². The van der Waals surface area contributed by atoms with Crippen LogP contribution < -0.4 is 16.4 Å². The van der Waals surface area contributed by atoms with Crippen molar-refractivity contribution in [2.75, 3.05) is 63.0 Å². The van der Waals surface area contributed by atoms with Crippen LogP contribution in [0.15, 0.2) is 84.1 Å². The topological polar surface area (TPSA) is 230 Å². The van der Waals surface area contributed by atoms with Gasteiger partial charge in [0.05, 0.1) is 50.2 Å². The highest BCUT2D eigenvalue weighted by molar-refractivity contribution is 7.99. The highest BCUT2D eigenvalue weighted by Crippen LogP contribution is 2.37. The SMILES string of the molecule is Nc1nccn2c([C@@H]3CCCN3C(=O)COCCOCCOCCSc3cccc4c3C(=O)N(C3CCC(=O)NC3=O)C4=O)nc(-c3ccc(C(=O)Nc4ccccn4)cc3)c12. The predicted molar refractivity (Wildman–Crippen MR) is 225 cm³/mol. The lowest BCUT2D eigenvalue weighted by Gasteiger charge is -2.27. The van der Waals surface area contributed by atoms with Gasteiger partial charge >= 0.3 is 0 Å². The lowest BCUT2D eigenvalue weighted by atomic mass is 10.0. The minimum Gasteiger partial charge on any atom is -0.382 e. The zero-order valence-corrected chi connectivity index (χ0v) is 34.3. The zero-order chi connectivity index (χ0) is 43.2. The van der Waals surface area contributed by atoms with Crippen LogP contribution in [0.1, 0.15) is 68.6 Å². The first-order valence-electron chi connectivity index (χ1n) is 20.1. The van der Waals surface area contributed by atoms with Crippen LogP contribution in [0.25, 0.3) is 16.8 Å². The van der Waals surface area contributed by atoms with Gasteiger partial charge in [0.2, 0.25) is 17.7 Å². The molecule has 3 aliphatic rings. The fraction of sp³-hybridized carbons (Fsp3) is 0.326. The van der Waals surface area contributed by atoms with E-state index >= 15 is 0 Å². The number of rotatable bonds is 17. The highest BCUT2D eigenvalue weighted by Gasteiger charge is 2.45. The molecule has 18 nitrogen and oxygen atoms in total. The Morgan fingerprint density at radius 2 is 1.65 bits per heavy atom. The number of hydrogen-bond acceptors (Lipinski definition) is 14. The second-order valence-electron chi connectivity index (χ2n) is 14.6. The maximum Gasteiger partial charge on any atom is 0.263 e. The standard InChI is InChI=1S/C43H43N9O9S/c44-38-37-36(26-9-11-27(12-10-26)40(55)47-32-8-1-2-15-45-32)49-39(51(37)18-16-46-38)29-6-4-17-50(29)34(54)25-61-22-21-59-19-20-60-23-24-62-31-7-3-5-28-35(31)43(58)52(42(28)57)30-13-14-33(53)48-41(30)56/h1-3,5,7-12,15-16,18,29-30H,4,6,13-14,17,19-25H2,(H2,44,46)(H,45,47,55)(H,48,53,56)/t29-,30?/m0/s1. The molecule has 2 atom stereocenters. The number of carbonyl (C=O) groups is 6. The molecule has 3 aliphatic heterocycles. The van der Waals surface area contributed by atoms with E-state index in [-0.39, 0.29) is 67.5 Å². The van der Waals surface area contributed by atoms with E-state index < -0.39 is 29.7 Å². The number of nitrogens with two attached hydrogens (primary N) is 1. The molecule has 6 heterocycles. The van der Waals surface area contributed by atoms with Crippen molar-refractivity contribution < 1.29 is 43.0 Å². The lowest BCUT2D eigenvalue weighted by molar-refractivity contribution is -0.138. The molecule has 6 amide bonds. The number of hydrogen-bond donors (Lipinski definition) is 3. The summed E-state index contributed by atoms with van der Waals surface area (Å²) in [6, 6.07) is 16.0. The minimum atomic E-state index is -1.02. The summed E-state index contributed by atoms with van der Waals surface area (Å²) in [5, 5.41) is 4.99. The predicted octanol–water partition coefficient (Wildman–Crippen LogP) is 3.53. The number of nitrogens with one attached hydrogen (secondary N) is 2. The first-order valence-corrected chi connectivity index (χ1v) is 21.1. The van der Waals surface area contributed by atoms with Crippen molar-refractivity contribution in [3.63, 3.8) is 0 Å². The quantitative estimate of drug-likeness (QED) is 0.0691. The van der Waals surface area contributed by atoms with Crippen LogP contribution in [0.5, 0.6) is 0 Å². The monoisotopic (exact) mass is 861 g/mol. The number of aromatic nitrogens is 4.